The maximum absolute atomic E-state index is 12.2. The Bertz CT molecular complexity index is 530. The van der Waals surface area contributed by atoms with Gasteiger partial charge in [0.1, 0.15) is 5.60 Å². The van der Waals surface area contributed by atoms with Crippen molar-refractivity contribution < 1.29 is 62.0 Å². The van der Waals surface area contributed by atoms with Gasteiger partial charge in [-0.05, 0) is 30.8 Å². The zero-order valence-corrected chi connectivity index (χ0v) is 17.8. The van der Waals surface area contributed by atoms with Gasteiger partial charge in [-0.3, -0.25) is 9.35 Å². The van der Waals surface area contributed by atoms with Gasteiger partial charge >= 0.3 is 35.5 Å². The van der Waals surface area contributed by atoms with Gasteiger partial charge in [-0.15, -0.1) is 0 Å². The molecule has 0 aromatic carbocycles. The van der Waals surface area contributed by atoms with Gasteiger partial charge in [-0.25, -0.2) is 0 Å². The Hall–Kier alpha value is -0.410. The van der Waals surface area contributed by atoms with E-state index in [1.807, 2.05) is 27.7 Å². The Morgan fingerprint density at radius 2 is 1.62 bits per heavy atom. The number of carboxylic acids is 1. The van der Waals surface area contributed by atoms with Crippen molar-refractivity contribution in [1.82, 2.24) is 0 Å². The van der Waals surface area contributed by atoms with E-state index in [0.29, 0.717) is 12.8 Å². The summed E-state index contributed by atoms with van der Waals surface area (Å²) in [6, 6.07) is 0. The first-order valence-electron chi connectivity index (χ1n) is 7.35. The first-order valence-corrected chi connectivity index (χ1v) is 8.86. The van der Waals surface area contributed by atoms with Gasteiger partial charge < -0.3 is 14.6 Å². The van der Waals surface area contributed by atoms with E-state index in [-0.39, 0.29) is 41.4 Å². The molecular formula is C15H25NaO7S. The summed E-state index contributed by atoms with van der Waals surface area (Å²) >= 11 is 0. The predicted molar refractivity (Wildman–Crippen MR) is 82.9 cm³/mol. The molecule has 24 heavy (non-hydrogen) atoms. The first-order chi connectivity index (χ1) is 10.3. The Kier molecular flexibility index (Phi) is 11.4. The number of ether oxygens (including phenoxy) is 1. The fourth-order valence-electron chi connectivity index (χ4n) is 2.48. The van der Waals surface area contributed by atoms with E-state index in [1.165, 1.54) is 6.08 Å². The molecule has 1 N–H and O–H groups in total. The van der Waals surface area contributed by atoms with Crippen LogP contribution in [0.25, 0.3) is 0 Å². The molecule has 0 aliphatic carbocycles. The molecule has 1 unspecified atom stereocenters. The standard InChI is InChI=1S/C15H26O7S.Na/c1-6-15(8-10(2)3,9-11(4)5)22-14(18)12(7-13(16)17)23(19,20)21;/h6,10-12H,1,7-9H2,2-5H3,(H,16,17)(H,19,20,21);/q;+1/p-1. The van der Waals surface area contributed by atoms with Crippen LogP contribution < -0.4 is 34.7 Å². The first kappa shape index (κ1) is 25.8. The molecule has 0 aliphatic rings. The van der Waals surface area contributed by atoms with Crippen LogP contribution in [0.3, 0.4) is 0 Å². The Morgan fingerprint density at radius 3 is 1.88 bits per heavy atom. The third-order valence-electron chi connectivity index (χ3n) is 3.16. The number of aliphatic carboxylic acids is 1. The van der Waals surface area contributed by atoms with Crippen molar-refractivity contribution in [2.45, 2.75) is 57.8 Å². The smallest absolute Gasteiger partial charge is 0.550 e. The number of carboxylic acid groups (broad SMARTS) is 1. The molecule has 1 atom stereocenters. The second-order valence-electron chi connectivity index (χ2n) is 6.47. The molecule has 9 heteroatoms. The van der Waals surface area contributed by atoms with Gasteiger partial charge in [0.25, 0.3) is 10.1 Å². The third-order valence-corrected chi connectivity index (χ3v) is 4.24. The van der Waals surface area contributed by atoms with Crippen molar-refractivity contribution in [3.63, 3.8) is 0 Å². The molecule has 0 aromatic rings. The molecule has 7 nitrogen and oxygen atoms in total. The van der Waals surface area contributed by atoms with E-state index in [4.69, 9.17) is 9.29 Å². The second-order valence-corrected chi connectivity index (χ2v) is 8.06. The Labute approximate surface area is 165 Å². The minimum absolute atomic E-state index is 0. The number of carbonyl (C=O) groups is 2. The molecule has 0 heterocycles. The molecule has 0 aromatic heterocycles. The number of rotatable bonds is 10. The maximum Gasteiger partial charge on any atom is 1.00 e. The number of hydrogen-bond acceptors (Lipinski definition) is 6. The molecule has 0 spiro atoms. The topological polar surface area (TPSA) is 121 Å². The summed E-state index contributed by atoms with van der Waals surface area (Å²) in [4.78, 5) is 22.8. The van der Waals surface area contributed by atoms with Crippen LogP contribution in [0.1, 0.15) is 47.0 Å². The summed E-state index contributed by atoms with van der Waals surface area (Å²) in [5.74, 6) is -2.87. The summed E-state index contributed by atoms with van der Waals surface area (Å²) in [5, 5.41) is 8.42. The van der Waals surface area contributed by atoms with E-state index in [2.05, 4.69) is 6.58 Å². The summed E-state index contributed by atoms with van der Waals surface area (Å²) in [7, 11) is -4.93. The van der Waals surface area contributed by atoms with Gasteiger partial charge in [0.05, 0.1) is 0 Å². The van der Waals surface area contributed by atoms with Crippen LogP contribution in [-0.2, 0) is 24.4 Å². The molecule has 0 radical (unpaired) electrons. The van der Waals surface area contributed by atoms with Crippen LogP contribution in [-0.4, -0.2) is 35.8 Å². The van der Waals surface area contributed by atoms with Crippen molar-refractivity contribution >= 4 is 22.1 Å². The molecule has 0 fully saturated rings. The molecule has 0 rings (SSSR count). The molecule has 0 saturated carbocycles. The minimum atomic E-state index is -4.93. The molecule has 0 amide bonds. The zero-order chi connectivity index (χ0) is 18.4. The van der Waals surface area contributed by atoms with Crippen LogP contribution >= 0.6 is 0 Å². The molecule has 0 saturated heterocycles. The number of hydrogen-bond donors (Lipinski definition) is 1. The largest absolute Gasteiger partial charge is 1.00 e. The molecule has 0 bridgehead atoms. The van der Waals surface area contributed by atoms with Gasteiger partial charge in [-0.1, -0.05) is 34.3 Å². The molecule has 0 aliphatic heterocycles. The van der Waals surface area contributed by atoms with Crippen molar-refractivity contribution in [3.05, 3.63) is 12.7 Å². The van der Waals surface area contributed by atoms with Crippen LogP contribution in [0.5, 0.6) is 0 Å². The number of carbonyl (C=O) groups excluding carboxylic acids is 2. The van der Waals surface area contributed by atoms with Gasteiger partial charge in [0.15, 0.2) is 5.25 Å². The minimum Gasteiger partial charge on any atom is -0.550 e. The van der Waals surface area contributed by atoms with Gasteiger partial charge in [-0.2, -0.15) is 8.42 Å². The van der Waals surface area contributed by atoms with Crippen LogP contribution in [0.2, 0.25) is 0 Å². The van der Waals surface area contributed by atoms with Crippen molar-refractivity contribution in [3.8, 4) is 0 Å². The summed E-state index contributed by atoms with van der Waals surface area (Å²) in [5.41, 5.74) is -1.13. The van der Waals surface area contributed by atoms with Crippen molar-refractivity contribution in [2.24, 2.45) is 11.8 Å². The predicted octanol–water partition coefficient (Wildman–Crippen LogP) is -2.05. The monoisotopic (exact) mass is 372 g/mol. The second kappa shape index (κ2) is 10.6. The summed E-state index contributed by atoms with van der Waals surface area (Å²) in [6.07, 6.45) is 1.03. The van der Waals surface area contributed by atoms with Crippen LogP contribution in [0.4, 0.5) is 0 Å². The van der Waals surface area contributed by atoms with E-state index in [0.717, 1.165) is 0 Å². The average molecular weight is 372 g/mol. The quantitative estimate of drug-likeness (QED) is 0.203. The maximum atomic E-state index is 12.2. The van der Waals surface area contributed by atoms with Crippen molar-refractivity contribution in [1.29, 1.82) is 0 Å². The number of esters is 1. The summed E-state index contributed by atoms with van der Waals surface area (Å²) < 4.78 is 36.9. The van der Waals surface area contributed by atoms with Gasteiger partial charge in [0, 0.05) is 12.4 Å². The van der Waals surface area contributed by atoms with E-state index in [1.54, 1.807) is 0 Å². The van der Waals surface area contributed by atoms with E-state index in [9.17, 15) is 23.1 Å². The van der Waals surface area contributed by atoms with Gasteiger partial charge in [0.2, 0.25) is 0 Å². The van der Waals surface area contributed by atoms with Crippen molar-refractivity contribution in [2.75, 3.05) is 0 Å². The molecular weight excluding hydrogens is 347 g/mol. The third kappa shape index (κ3) is 9.17. The fraction of sp³-hybridized carbons (Fsp3) is 0.733. The van der Waals surface area contributed by atoms with Crippen LogP contribution in [0.15, 0.2) is 12.7 Å². The molecule has 134 valence electrons. The average Bonchev–Trinajstić information content (AvgIpc) is 2.32. The van der Waals surface area contributed by atoms with Crippen LogP contribution in [0, 0.1) is 11.8 Å². The SMILES string of the molecule is C=CC(CC(C)C)(CC(C)C)OC(=O)C(CC(=O)[O-])S(=O)(=O)O.[Na+]. The van der Waals surface area contributed by atoms with E-state index < -0.39 is 39.3 Å². The Balaban J connectivity index is 0. The Morgan fingerprint density at radius 1 is 1.21 bits per heavy atom. The normalized spacial score (nSPS) is 13.3. The van der Waals surface area contributed by atoms with E-state index >= 15 is 0 Å². The summed E-state index contributed by atoms with van der Waals surface area (Å²) in [6.45, 7) is 11.2. The fourth-order valence-corrected chi connectivity index (χ4v) is 3.12. The zero-order valence-electron chi connectivity index (χ0n) is 14.9.